The van der Waals surface area contributed by atoms with E-state index in [2.05, 4.69) is 0 Å². The van der Waals surface area contributed by atoms with Gasteiger partial charge in [-0.2, -0.15) is 0 Å². The average Bonchev–Trinajstić information content (AvgIpc) is 2.16. The Morgan fingerprint density at radius 1 is 1.38 bits per heavy atom. The fourth-order valence-electron chi connectivity index (χ4n) is 1.35. The SMILES string of the molecule is CC(C)Oc1ccc(N(C)CC(=O)O)cc1. The minimum atomic E-state index is -0.843. The Balaban J connectivity index is 2.66. The van der Waals surface area contributed by atoms with Crippen LogP contribution in [-0.4, -0.2) is 30.8 Å². The molecule has 0 saturated carbocycles. The van der Waals surface area contributed by atoms with Crippen molar-refractivity contribution < 1.29 is 14.6 Å². The summed E-state index contributed by atoms with van der Waals surface area (Å²) in [6.45, 7) is 3.92. The highest BCUT2D eigenvalue weighted by molar-refractivity contribution is 5.73. The van der Waals surface area contributed by atoms with Gasteiger partial charge in [0, 0.05) is 12.7 Å². The predicted molar refractivity (Wildman–Crippen MR) is 63.1 cm³/mol. The Labute approximate surface area is 95.5 Å². The smallest absolute Gasteiger partial charge is 0.323 e. The first-order valence-corrected chi connectivity index (χ1v) is 5.18. The van der Waals surface area contributed by atoms with E-state index in [1.165, 1.54) is 0 Å². The molecule has 0 spiro atoms. The maximum atomic E-state index is 10.5. The Morgan fingerprint density at radius 3 is 2.38 bits per heavy atom. The summed E-state index contributed by atoms with van der Waals surface area (Å²) in [6.07, 6.45) is 0.141. The van der Waals surface area contributed by atoms with Crippen molar-refractivity contribution in [1.29, 1.82) is 0 Å². The van der Waals surface area contributed by atoms with E-state index in [0.717, 1.165) is 11.4 Å². The molecule has 0 aromatic heterocycles. The number of carboxylic acid groups (broad SMARTS) is 1. The van der Waals surface area contributed by atoms with Crippen LogP contribution in [0.3, 0.4) is 0 Å². The minimum Gasteiger partial charge on any atom is -0.491 e. The minimum absolute atomic E-state index is 0.00954. The maximum absolute atomic E-state index is 10.5. The number of likely N-dealkylation sites (N-methyl/N-ethyl adjacent to an activating group) is 1. The molecule has 0 saturated heterocycles. The van der Waals surface area contributed by atoms with Crippen LogP contribution in [-0.2, 0) is 4.79 Å². The van der Waals surface area contributed by atoms with Crippen LogP contribution in [0.2, 0.25) is 0 Å². The predicted octanol–water partition coefficient (Wildman–Crippen LogP) is 1.99. The van der Waals surface area contributed by atoms with Gasteiger partial charge in [-0.05, 0) is 38.1 Å². The summed E-state index contributed by atoms with van der Waals surface area (Å²) in [7, 11) is 1.74. The highest BCUT2D eigenvalue weighted by Crippen LogP contribution is 2.19. The van der Waals surface area contributed by atoms with E-state index >= 15 is 0 Å². The lowest BCUT2D eigenvalue weighted by molar-refractivity contribution is -0.135. The number of hydrogen-bond donors (Lipinski definition) is 1. The van der Waals surface area contributed by atoms with E-state index in [-0.39, 0.29) is 12.6 Å². The number of ether oxygens (including phenoxy) is 1. The Hall–Kier alpha value is -1.71. The third-order valence-corrected chi connectivity index (χ3v) is 2.02. The first kappa shape index (κ1) is 12.4. The average molecular weight is 223 g/mol. The van der Waals surface area contributed by atoms with Gasteiger partial charge in [-0.25, -0.2) is 0 Å². The van der Waals surface area contributed by atoms with Crippen LogP contribution in [0.1, 0.15) is 13.8 Å². The van der Waals surface area contributed by atoms with Gasteiger partial charge < -0.3 is 14.7 Å². The lowest BCUT2D eigenvalue weighted by atomic mass is 10.3. The van der Waals surface area contributed by atoms with E-state index in [0.29, 0.717) is 0 Å². The molecule has 0 heterocycles. The first-order valence-electron chi connectivity index (χ1n) is 5.18. The number of benzene rings is 1. The van der Waals surface area contributed by atoms with E-state index < -0.39 is 5.97 Å². The maximum Gasteiger partial charge on any atom is 0.323 e. The molecule has 0 aliphatic heterocycles. The van der Waals surface area contributed by atoms with Crippen LogP contribution in [0, 0.1) is 0 Å². The fourth-order valence-corrected chi connectivity index (χ4v) is 1.35. The summed E-state index contributed by atoms with van der Waals surface area (Å²) >= 11 is 0. The van der Waals surface area contributed by atoms with Crippen molar-refractivity contribution in [1.82, 2.24) is 0 Å². The van der Waals surface area contributed by atoms with Gasteiger partial charge in [0.05, 0.1) is 6.10 Å². The van der Waals surface area contributed by atoms with Crippen molar-refractivity contribution in [3.8, 4) is 5.75 Å². The zero-order valence-corrected chi connectivity index (χ0v) is 9.80. The molecule has 4 heteroatoms. The monoisotopic (exact) mass is 223 g/mol. The summed E-state index contributed by atoms with van der Waals surface area (Å²) in [5.74, 6) is -0.0486. The molecule has 16 heavy (non-hydrogen) atoms. The van der Waals surface area contributed by atoms with Crippen molar-refractivity contribution in [3.63, 3.8) is 0 Å². The molecule has 1 aromatic rings. The van der Waals surface area contributed by atoms with Gasteiger partial charge in [0.2, 0.25) is 0 Å². The van der Waals surface area contributed by atoms with Gasteiger partial charge in [-0.3, -0.25) is 4.79 Å². The quantitative estimate of drug-likeness (QED) is 0.829. The number of nitrogens with zero attached hydrogens (tertiary/aromatic N) is 1. The number of hydrogen-bond acceptors (Lipinski definition) is 3. The standard InChI is InChI=1S/C12H17NO3/c1-9(2)16-11-6-4-10(5-7-11)13(3)8-12(14)15/h4-7,9H,8H2,1-3H3,(H,14,15). The highest BCUT2D eigenvalue weighted by Gasteiger charge is 2.05. The first-order chi connectivity index (χ1) is 7.49. The summed E-state index contributed by atoms with van der Waals surface area (Å²) < 4.78 is 5.50. The van der Waals surface area contributed by atoms with Gasteiger partial charge >= 0.3 is 5.97 Å². The number of carboxylic acids is 1. The van der Waals surface area contributed by atoms with Crippen LogP contribution >= 0.6 is 0 Å². The second-order valence-corrected chi connectivity index (χ2v) is 3.91. The van der Waals surface area contributed by atoms with Crippen LogP contribution in [0.25, 0.3) is 0 Å². The molecule has 0 radical (unpaired) electrons. The second kappa shape index (κ2) is 5.39. The fraction of sp³-hybridized carbons (Fsp3) is 0.417. The summed E-state index contributed by atoms with van der Waals surface area (Å²) in [5.41, 5.74) is 0.860. The van der Waals surface area contributed by atoms with E-state index in [1.54, 1.807) is 11.9 Å². The van der Waals surface area contributed by atoms with Crippen LogP contribution < -0.4 is 9.64 Å². The third kappa shape index (κ3) is 3.81. The molecule has 1 rings (SSSR count). The van der Waals surface area contributed by atoms with Crippen molar-refractivity contribution in [3.05, 3.63) is 24.3 Å². The molecule has 0 amide bonds. The van der Waals surface area contributed by atoms with Gasteiger partial charge in [-0.1, -0.05) is 0 Å². The molecular weight excluding hydrogens is 206 g/mol. The normalized spacial score (nSPS) is 10.2. The van der Waals surface area contributed by atoms with Gasteiger partial charge in [0.25, 0.3) is 0 Å². The molecule has 0 aliphatic carbocycles. The molecule has 0 atom stereocenters. The third-order valence-electron chi connectivity index (χ3n) is 2.02. The summed E-state index contributed by atoms with van der Waals surface area (Å²) in [4.78, 5) is 12.2. The van der Waals surface area contributed by atoms with E-state index in [4.69, 9.17) is 9.84 Å². The number of rotatable bonds is 5. The topological polar surface area (TPSA) is 49.8 Å². The van der Waals surface area contributed by atoms with Gasteiger partial charge in [-0.15, -0.1) is 0 Å². The van der Waals surface area contributed by atoms with Crippen molar-refractivity contribution in [2.24, 2.45) is 0 Å². The highest BCUT2D eigenvalue weighted by atomic mass is 16.5. The van der Waals surface area contributed by atoms with Crippen molar-refractivity contribution in [2.75, 3.05) is 18.5 Å². The number of aliphatic carboxylic acids is 1. The molecule has 88 valence electrons. The zero-order chi connectivity index (χ0) is 12.1. The van der Waals surface area contributed by atoms with Gasteiger partial charge in [0.1, 0.15) is 12.3 Å². The van der Waals surface area contributed by atoms with E-state index in [9.17, 15) is 4.79 Å². The van der Waals surface area contributed by atoms with Crippen LogP contribution in [0.4, 0.5) is 5.69 Å². The van der Waals surface area contributed by atoms with Gasteiger partial charge in [0.15, 0.2) is 0 Å². The molecule has 0 unspecified atom stereocenters. The Bertz CT molecular complexity index is 346. The Morgan fingerprint density at radius 2 is 1.94 bits per heavy atom. The van der Waals surface area contributed by atoms with Crippen molar-refractivity contribution >= 4 is 11.7 Å². The molecule has 1 aromatic carbocycles. The molecule has 0 bridgehead atoms. The van der Waals surface area contributed by atoms with Crippen molar-refractivity contribution in [2.45, 2.75) is 20.0 Å². The van der Waals surface area contributed by atoms with E-state index in [1.807, 2.05) is 38.1 Å². The number of carbonyl (C=O) groups is 1. The number of anilines is 1. The van der Waals surface area contributed by atoms with Crippen LogP contribution in [0.5, 0.6) is 5.75 Å². The molecular formula is C12H17NO3. The zero-order valence-electron chi connectivity index (χ0n) is 9.80. The lowest BCUT2D eigenvalue weighted by Crippen LogP contribution is -2.24. The Kier molecular flexibility index (Phi) is 4.17. The largest absolute Gasteiger partial charge is 0.491 e. The summed E-state index contributed by atoms with van der Waals surface area (Å²) in [5, 5.41) is 8.65. The molecule has 0 aliphatic rings. The van der Waals surface area contributed by atoms with Crippen LogP contribution in [0.15, 0.2) is 24.3 Å². The molecule has 4 nitrogen and oxygen atoms in total. The summed E-state index contributed by atoms with van der Waals surface area (Å²) in [6, 6.07) is 7.38. The molecule has 1 N–H and O–H groups in total. The second-order valence-electron chi connectivity index (χ2n) is 3.91. The lowest BCUT2D eigenvalue weighted by Gasteiger charge is -2.17. The molecule has 0 fully saturated rings.